The Hall–Kier alpha value is -1.81. The van der Waals surface area contributed by atoms with Crippen molar-refractivity contribution >= 4 is 12.0 Å². The highest BCUT2D eigenvalue weighted by Gasteiger charge is 2.19. The van der Waals surface area contributed by atoms with E-state index in [4.69, 9.17) is 9.47 Å². The number of amides is 1. The van der Waals surface area contributed by atoms with Gasteiger partial charge in [0.25, 0.3) is 5.91 Å². The molecule has 1 aromatic rings. The number of carbonyl (C=O) groups excluding carboxylic acids is 1. The van der Waals surface area contributed by atoms with Crippen molar-refractivity contribution < 1.29 is 14.3 Å². The molecule has 1 amide bonds. The maximum absolute atomic E-state index is 12.3. The van der Waals surface area contributed by atoms with Gasteiger partial charge in [-0.15, -0.1) is 0 Å². The predicted molar refractivity (Wildman–Crippen MR) is 69.8 cm³/mol. The molecule has 1 aliphatic rings. The standard InChI is InChI=1S/C14H17NO3/c1-3-11-4-5-12(10-13(11)17-2)14(16)15-6-8-18-9-7-15/h3-5,10H,1,6-9H2,2H3. The van der Waals surface area contributed by atoms with Crippen molar-refractivity contribution in [2.24, 2.45) is 0 Å². The monoisotopic (exact) mass is 247 g/mol. The second-order valence-corrected chi connectivity index (χ2v) is 4.07. The lowest BCUT2D eigenvalue weighted by atomic mass is 10.1. The second kappa shape index (κ2) is 5.69. The lowest BCUT2D eigenvalue weighted by Gasteiger charge is -2.27. The Morgan fingerprint density at radius 1 is 1.44 bits per heavy atom. The lowest BCUT2D eigenvalue weighted by molar-refractivity contribution is 0.0302. The summed E-state index contributed by atoms with van der Waals surface area (Å²) in [6, 6.07) is 5.41. The molecule has 96 valence electrons. The van der Waals surface area contributed by atoms with Crippen molar-refractivity contribution in [2.45, 2.75) is 0 Å². The minimum absolute atomic E-state index is 0.0206. The molecule has 1 fully saturated rings. The fraction of sp³-hybridized carbons (Fsp3) is 0.357. The van der Waals surface area contributed by atoms with Crippen LogP contribution in [0, 0.1) is 0 Å². The number of morpholine rings is 1. The molecular formula is C14H17NO3. The molecule has 0 unspecified atom stereocenters. The first-order valence-corrected chi connectivity index (χ1v) is 5.93. The van der Waals surface area contributed by atoms with E-state index in [1.165, 1.54) is 0 Å². The van der Waals surface area contributed by atoms with Crippen LogP contribution in [0.5, 0.6) is 5.75 Å². The zero-order chi connectivity index (χ0) is 13.0. The molecule has 0 radical (unpaired) electrons. The van der Waals surface area contributed by atoms with E-state index in [9.17, 15) is 4.79 Å². The van der Waals surface area contributed by atoms with Gasteiger partial charge in [-0.3, -0.25) is 4.79 Å². The lowest BCUT2D eigenvalue weighted by Crippen LogP contribution is -2.40. The van der Waals surface area contributed by atoms with Gasteiger partial charge in [0.2, 0.25) is 0 Å². The van der Waals surface area contributed by atoms with Crippen molar-refractivity contribution in [1.82, 2.24) is 4.90 Å². The van der Waals surface area contributed by atoms with Crippen molar-refractivity contribution in [3.63, 3.8) is 0 Å². The number of rotatable bonds is 3. The number of hydrogen-bond donors (Lipinski definition) is 0. The zero-order valence-corrected chi connectivity index (χ0v) is 10.5. The van der Waals surface area contributed by atoms with Crippen molar-refractivity contribution in [3.8, 4) is 5.75 Å². The normalized spacial score (nSPS) is 15.3. The predicted octanol–water partition coefficient (Wildman–Crippen LogP) is 1.81. The SMILES string of the molecule is C=Cc1ccc(C(=O)N2CCOCC2)cc1OC. The summed E-state index contributed by atoms with van der Waals surface area (Å²) in [5, 5.41) is 0. The molecule has 4 nitrogen and oxygen atoms in total. The molecule has 18 heavy (non-hydrogen) atoms. The zero-order valence-electron chi connectivity index (χ0n) is 10.5. The van der Waals surface area contributed by atoms with E-state index in [0.29, 0.717) is 37.6 Å². The van der Waals surface area contributed by atoms with E-state index in [0.717, 1.165) is 5.56 Å². The molecule has 0 saturated carbocycles. The number of carbonyl (C=O) groups is 1. The van der Waals surface area contributed by atoms with Crippen LogP contribution < -0.4 is 4.74 Å². The summed E-state index contributed by atoms with van der Waals surface area (Å²) in [5.41, 5.74) is 1.52. The Morgan fingerprint density at radius 3 is 2.78 bits per heavy atom. The minimum atomic E-state index is 0.0206. The molecule has 1 heterocycles. The molecular weight excluding hydrogens is 230 g/mol. The molecule has 0 aromatic heterocycles. The van der Waals surface area contributed by atoms with E-state index in [2.05, 4.69) is 6.58 Å². The van der Waals surface area contributed by atoms with Gasteiger partial charge in [0, 0.05) is 24.2 Å². The Balaban J connectivity index is 2.21. The van der Waals surface area contributed by atoms with Gasteiger partial charge in [-0.1, -0.05) is 18.7 Å². The molecule has 0 N–H and O–H groups in total. The molecule has 0 aliphatic carbocycles. The third kappa shape index (κ3) is 2.54. The summed E-state index contributed by atoms with van der Waals surface area (Å²) in [6.07, 6.45) is 1.71. The van der Waals surface area contributed by atoms with Gasteiger partial charge in [-0.2, -0.15) is 0 Å². The first-order valence-electron chi connectivity index (χ1n) is 5.93. The van der Waals surface area contributed by atoms with Gasteiger partial charge in [0.05, 0.1) is 20.3 Å². The summed E-state index contributed by atoms with van der Waals surface area (Å²) in [4.78, 5) is 14.1. The Morgan fingerprint density at radius 2 is 2.17 bits per heavy atom. The average Bonchev–Trinajstić information content (AvgIpc) is 2.46. The summed E-state index contributed by atoms with van der Waals surface area (Å²) in [7, 11) is 1.59. The molecule has 1 aliphatic heterocycles. The molecule has 4 heteroatoms. The summed E-state index contributed by atoms with van der Waals surface area (Å²) in [6.45, 7) is 6.21. The fourth-order valence-electron chi connectivity index (χ4n) is 1.96. The first-order chi connectivity index (χ1) is 8.76. The number of nitrogens with zero attached hydrogens (tertiary/aromatic N) is 1. The van der Waals surface area contributed by atoms with Crippen LogP contribution >= 0.6 is 0 Å². The Kier molecular flexibility index (Phi) is 3.99. The van der Waals surface area contributed by atoms with Crippen molar-refractivity contribution in [3.05, 3.63) is 35.9 Å². The highest BCUT2D eigenvalue weighted by molar-refractivity contribution is 5.95. The summed E-state index contributed by atoms with van der Waals surface area (Å²) < 4.78 is 10.5. The van der Waals surface area contributed by atoms with E-state index >= 15 is 0 Å². The van der Waals surface area contributed by atoms with Crippen molar-refractivity contribution in [1.29, 1.82) is 0 Å². The highest BCUT2D eigenvalue weighted by Crippen LogP contribution is 2.22. The Bertz CT molecular complexity index is 450. The topological polar surface area (TPSA) is 38.8 Å². The van der Waals surface area contributed by atoms with Gasteiger partial charge in [-0.05, 0) is 12.1 Å². The molecule has 0 bridgehead atoms. The van der Waals surface area contributed by atoms with Crippen LogP contribution in [0.2, 0.25) is 0 Å². The van der Waals surface area contributed by atoms with Gasteiger partial charge < -0.3 is 14.4 Å². The van der Waals surface area contributed by atoms with E-state index in [1.807, 2.05) is 6.07 Å². The number of methoxy groups -OCH3 is 1. The van der Waals surface area contributed by atoms with Crippen LogP contribution in [0.1, 0.15) is 15.9 Å². The molecule has 1 saturated heterocycles. The Labute approximate surface area is 107 Å². The van der Waals surface area contributed by atoms with Gasteiger partial charge in [-0.25, -0.2) is 0 Å². The van der Waals surface area contributed by atoms with Crippen LogP contribution in [-0.4, -0.2) is 44.2 Å². The van der Waals surface area contributed by atoms with Crippen LogP contribution in [0.25, 0.3) is 6.08 Å². The average molecular weight is 247 g/mol. The molecule has 0 spiro atoms. The third-order valence-electron chi connectivity index (χ3n) is 3.00. The number of ether oxygens (including phenoxy) is 2. The largest absolute Gasteiger partial charge is 0.496 e. The van der Waals surface area contributed by atoms with Crippen LogP contribution in [-0.2, 0) is 4.74 Å². The summed E-state index contributed by atoms with van der Waals surface area (Å²) >= 11 is 0. The van der Waals surface area contributed by atoms with Crippen LogP contribution in [0.3, 0.4) is 0 Å². The highest BCUT2D eigenvalue weighted by atomic mass is 16.5. The fourth-order valence-corrected chi connectivity index (χ4v) is 1.96. The number of hydrogen-bond acceptors (Lipinski definition) is 3. The summed E-state index contributed by atoms with van der Waals surface area (Å²) in [5.74, 6) is 0.691. The second-order valence-electron chi connectivity index (χ2n) is 4.07. The van der Waals surface area contributed by atoms with Crippen molar-refractivity contribution in [2.75, 3.05) is 33.4 Å². The van der Waals surface area contributed by atoms with Gasteiger partial charge in [0.1, 0.15) is 5.75 Å². The van der Waals surface area contributed by atoms with E-state index in [-0.39, 0.29) is 5.91 Å². The van der Waals surface area contributed by atoms with Gasteiger partial charge in [0.15, 0.2) is 0 Å². The molecule has 2 rings (SSSR count). The minimum Gasteiger partial charge on any atom is -0.496 e. The number of benzene rings is 1. The van der Waals surface area contributed by atoms with Gasteiger partial charge >= 0.3 is 0 Å². The smallest absolute Gasteiger partial charge is 0.254 e. The van der Waals surface area contributed by atoms with E-state index in [1.54, 1.807) is 30.2 Å². The maximum atomic E-state index is 12.3. The van der Waals surface area contributed by atoms with E-state index < -0.39 is 0 Å². The molecule has 0 atom stereocenters. The molecule has 1 aromatic carbocycles. The quantitative estimate of drug-likeness (QED) is 0.817. The first kappa shape index (κ1) is 12.6. The van der Waals surface area contributed by atoms with Crippen LogP contribution in [0.4, 0.5) is 0 Å². The van der Waals surface area contributed by atoms with Crippen LogP contribution in [0.15, 0.2) is 24.8 Å². The third-order valence-corrected chi connectivity index (χ3v) is 3.00. The maximum Gasteiger partial charge on any atom is 0.254 e.